The van der Waals surface area contributed by atoms with Crippen molar-refractivity contribution in [3.63, 3.8) is 0 Å². The lowest BCUT2D eigenvalue weighted by Crippen LogP contribution is -2.25. The Bertz CT molecular complexity index is 342. The van der Waals surface area contributed by atoms with Crippen molar-refractivity contribution < 1.29 is 4.74 Å². The average molecular weight is 191 g/mol. The van der Waals surface area contributed by atoms with Gasteiger partial charge in [-0.05, 0) is 43.4 Å². The molecule has 76 valence electrons. The van der Waals surface area contributed by atoms with Gasteiger partial charge in [-0.3, -0.25) is 0 Å². The van der Waals surface area contributed by atoms with Gasteiger partial charge in [-0.1, -0.05) is 12.1 Å². The largest absolute Gasteiger partial charge is 0.496 e. The number of ether oxygens (including phenoxy) is 1. The molecule has 0 atom stereocenters. The van der Waals surface area contributed by atoms with Gasteiger partial charge < -0.3 is 10.5 Å². The van der Waals surface area contributed by atoms with Gasteiger partial charge in [0.1, 0.15) is 5.75 Å². The lowest BCUT2D eigenvalue weighted by atomic mass is 9.99. The Morgan fingerprint density at radius 2 is 2.14 bits per heavy atom. The highest BCUT2D eigenvalue weighted by molar-refractivity contribution is 5.41. The van der Waals surface area contributed by atoms with E-state index in [-0.39, 0.29) is 5.54 Å². The van der Waals surface area contributed by atoms with Gasteiger partial charge in [0.15, 0.2) is 0 Å². The van der Waals surface area contributed by atoms with Gasteiger partial charge >= 0.3 is 0 Å². The summed E-state index contributed by atoms with van der Waals surface area (Å²) >= 11 is 0. The molecule has 1 aliphatic carbocycles. The van der Waals surface area contributed by atoms with E-state index >= 15 is 0 Å². The minimum Gasteiger partial charge on any atom is -0.496 e. The first kappa shape index (κ1) is 9.53. The van der Waals surface area contributed by atoms with Gasteiger partial charge in [-0.25, -0.2) is 0 Å². The van der Waals surface area contributed by atoms with Crippen molar-refractivity contribution in [2.45, 2.75) is 31.7 Å². The lowest BCUT2D eigenvalue weighted by molar-refractivity contribution is 0.407. The molecular weight excluding hydrogens is 174 g/mol. The zero-order chi connectivity index (χ0) is 10.2. The summed E-state index contributed by atoms with van der Waals surface area (Å²) in [6.45, 7) is 2.11. The summed E-state index contributed by atoms with van der Waals surface area (Å²) in [6.07, 6.45) is 3.23. The van der Waals surface area contributed by atoms with Crippen LogP contribution in [0.2, 0.25) is 0 Å². The van der Waals surface area contributed by atoms with E-state index < -0.39 is 0 Å². The second-order valence-electron chi connectivity index (χ2n) is 4.29. The Labute approximate surface area is 85.1 Å². The van der Waals surface area contributed by atoms with Crippen molar-refractivity contribution in [3.8, 4) is 5.75 Å². The molecule has 0 aromatic heterocycles. The van der Waals surface area contributed by atoms with E-state index in [9.17, 15) is 0 Å². The van der Waals surface area contributed by atoms with E-state index in [0.717, 1.165) is 25.0 Å². The van der Waals surface area contributed by atoms with Gasteiger partial charge in [0, 0.05) is 5.54 Å². The predicted octanol–water partition coefficient (Wildman–Crippen LogP) is 2.04. The first-order valence-corrected chi connectivity index (χ1v) is 5.06. The average Bonchev–Trinajstić information content (AvgIpc) is 2.88. The fraction of sp³-hybridized carbons (Fsp3) is 0.500. The molecule has 0 bridgehead atoms. The molecule has 0 unspecified atom stereocenters. The molecule has 0 amide bonds. The standard InChI is InChI=1S/C12H17NO/c1-9-4-3-5-11(14-2)10(9)8-12(13)6-7-12/h3-5H,6-8,13H2,1-2H3. The van der Waals surface area contributed by atoms with Gasteiger partial charge in [0.25, 0.3) is 0 Å². The number of rotatable bonds is 3. The summed E-state index contributed by atoms with van der Waals surface area (Å²) in [5, 5.41) is 0. The summed E-state index contributed by atoms with van der Waals surface area (Å²) < 4.78 is 5.34. The molecule has 2 rings (SSSR count). The van der Waals surface area contributed by atoms with Crippen LogP contribution in [-0.4, -0.2) is 12.6 Å². The second-order valence-corrected chi connectivity index (χ2v) is 4.29. The molecule has 0 radical (unpaired) electrons. The summed E-state index contributed by atoms with van der Waals surface area (Å²) in [4.78, 5) is 0. The van der Waals surface area contributed by atoms with Crippen LogP contribution in [0.5, 0.6) is 5.75 Å². The summed E-state index contributed by atoms with van der Waals surface area (Å²) in [6, 6.07) is 6.14. The van der Waals surface area contributed by atoms with E-state index in [1.165, 1.54) is 11.1 Å². The maximum Gasteiger partial charge on any atom is 0.122 e. The van der Waals surface area contributed by atoms with Gasteiger partial charge in [0.05, 0.1) is 7.11 Å². The molecule has 0 saturated heterocycles. The molecule has 1 aliphatic rings. The van der Waals surface area contributed by atoms with Crippen LogP contribution in [0, 0.1) is 6.92 Å². The molecule has 0 heterocycles. The lowest BCUT2D eigenvalue weighted by Gasteiger charge is -2.14. The second kappa shape index (κ2) is 3.28. The number of hydrogen-bond donors (Lipinski definition) is 1. The van der Waals surface area contributed by atoms with Crippen LogP contribution in [0.1, 0.15) is 24.0 Å². The number of nitrogens with two attached hydrogens (primary N) is 1. The first-order chi connectivity index (χ1) is 6.64. The van der Waals surface area contributed by atoms with E-state index in [1.54, 1.807) is 7.11 Å². The highest BCUT2D eigenvalue weighted by Gasteiger charge is 2.38. The minimum absolute atomic E-state index is 0.0550. The topological polar surface area (TPSA) is 35.2 Å². The Hall–Kier alpha value is -1.02. The molecule has 1 saturated carbocycles. The fourth-order valence-electron chi connectivity index (χ4n) is 1.78. The molecule has 1 aromatic carbocycles. The first-order valence-electron chi connectivity index (χ1n) is 5.06. The third-order valence-corrected chi connectivity index (χ3v) is 3.01. The quantitative estimate of drug-likeness (QED) is 0.793. The highest BCUT2D eigenvalue weighted by Crippen LogP contribution is 2.38. The Kier molecular flexibility index (Phi) is 2.23. The summed E-state index contributed by atoms with van der Waals surface area (Å²) in [7, 11) is 1.72. The highest BCUT2D eigenvalue weighted by atomic mass is 16.5. The SMILES string of the molecule is COc1cccc(C)c1CC1(N)CC1. The molecule has 2 heteroatoms. The zero-order valence-corrected chi connectivity index (χ0v) is 8.84. The van der Waals surface area contributed by atoms with Crippen LogP contribution in [0.3, 0.4) is 0 Å². The molecule has 1 aromatic rings. The fourth-order valence-corrected chi connectivity index (χ4v) is 1.78. The van der Waals surface area contributed by atoms with Crippen molar-refractivity contribution >= 4 is 0 Å². The summed E-state index contributed by atoms with van der Waals surface area (Å²) in [5.41, 5.74) is 8.72. The van der Waals surface area contributed by atoms with Crippen molar-refractivity contribution in [1.82, 2.24) is 0 Å². The third kappa shape index (κ3) is 1.75. The molecule has 2 N–H and O–H groups in total. The minimum atomic E-state index is 0.0550. The molecule has 14 heavy (non-hydrogen) atoms. The molecule has 2 nitrogen and oxygen atoms in total. The van der Waals surface area contributed by atoms with E-state index in [0.29, 0.717) is 0 Å². The van der Waals surface area contributed by atoms with E-state index in [2.05, 4.69) is 13.0 Å². The summed E-state index contributed by atoms with van der Waals surface area (Å²) in [5.74, 6) is 0.974. The van der Waals surface area contributed by atoms with Gasteiger partial charge in [-0.2, -0.15) is 0 Å². The Morgan fingerprint density at radius 3 is 2.71 bits per heavy atom. The number of aryl methyl sites for hydroxylation is 1. The Morgan fingerprint density at radius 1 is 1.43 bits per heavy atom. The zero-order valence-electron chi connectivity index (χ0n) is 8.84. The number of benzene rings is 1. The van der Waals surface area contributed by atoms with E-state index in [1.807, 2.05) is 12.1 Å². The van der Waals surface area contributed by atoms with Crippen molar-refractivity contribution in [2.24, 2.45) is 5.73 Å². The molecule has 0 spiro atoms. The number of methoxy groups -OCH3 is 1. The van der Waals surface area contributed by atoms with Crippen LogP contribution >= 0.6 is 0 Å². The molecular formula is C12H17NO. The van der Waals surface area contributed by atoms with Gasteiger partial charge in [-0.15, -0.1) is 0 Å². The molecule has 1 fully saturated rings. The van der Waals surface area contributed by atoms with Crippen molar-refractivity contribution in [2.75, 3.05) is 7.11 Å². The van der Waals surface area contributed by atoms with Crippen LogP contribution in [0.15, 0.2) is 18.2 Å². The Balaban J connectivity index is 2.29. The monoisotopic (exact) mass is 191 g/mol. The van der Waals surface area contributed by atoms with Crippen LogP contribution in [0.4, 0.5) is 0 Å². The normalized spacial score (nSPS) is 17.9. The molecule has 0 aliphatic heterocycles. The van der Waals surface area contributed by atoms with E-state index in [4.69, 9.17) is 10.5 Å². The predicted molar refractivity (Wildman–Crippen MR) is 57.6 cm³/mol. The maximum atomic E-state index is 6.12. The van der Waals surface area contributed by atoms with Crippen LogP contribution in [0.25, 0.3) is 0 Å². The number of hydrogen-bond acceptors (Lipinski definition) is 2. The van der Waals surface area contributed by atoms with Crippen LogP contribution in [-0.2, 0) is 6.42 Å². The van der Waals surface area contributed by atoms with Crippen LogP contribution < -0.4 is 10.5 Å². The smallest absolute Gasteiger partial charge is 0.122 e. The third-order valence-electron chi connectivity index (χ3n) is 3.01. The van der Waals surface area contributed by atoms with Gasteiger partial charge in [0.2, 0.25) is 0 Å². The van der Waals surface area contributed by atoms with Crippen molar-refractivity contribution in [1.29, 1.82) is 0 Å². The van der Waals surface area contributed by atoms with Crippen molar-refractivity contribution in [3.05, 3.63) is 29.3 Å². The maximum absolute atomic E-state index is 6.12.